The van der Waals surface area contributed by atoms with Crippen molar-refractivity contribution in [1.29, 1.82) is 0 Å². The first-order valence-corrected chi connectivity index (χ1v) is 10.4. The van der Waals surface area contributed by atoms with Crippen molar-refractivity contribution in [3.63, 3.8) is 0 Å². The van der Waals surface area contributed by atoms with Crippen LogP contribution in [0, 0.1) is 0 Å². The molecule has 6 nitrogen and oxygen atoms in total. The van der Waals surface area contributed by atoms with Gasteiger partial charge in [0.25, 0.3) is 5.91 Å². The Kier molecular flexibility index (Phi) is 5.61. The molecule has 8 heteroatoms. The van der Waals surface area contributed by atoms with Crippen LogP contribution in [0.15, 0.2) is 56.4 Å². The Morgan fingerprint density at radius 3 is 2.36 bits per heavy atom. The van der Waals surface area contributed by atoms with Crippen molar-refractivity contribution in [2.24, 2.45) is 0 Å². The first-order chi connectivity index (χ1) is 12.0. The summed E-state index contributed by atoms with van der Waals surface area (Å²) in [4.78, 5) is 16.4. The maximum absolute atomic E-state index is 12.4. The summed E-state index contributed by atoms with van der Waals surface area (Å²) in [5.74, 6) is 0.291. The number of hydrogen-bond acceptors (Lipinski definition) is 5. The number of amides is 1. The van der Waals surface area contributed by atoms with Gasteiger partial charge in [-0.2, -0.15) is 0 Å². The molecule has 1 aliphatic rings. The zero-order chi connectivity index (χ0) is 17.9. The molecule has 1 aliphatic heterocycles. The lowest BCUT2D eigenvalue weighted by atomic mass is 10.3. The Hall–Kier alpha value is -1.64. The number of sulfone groups is 1. The zero-order valence-corrected chi connectivity index (χ0v) is 16.0. The van der Waals surface area contributed by atoms with Gasteiger partial charge in [-0.1, -0.05) is 15.9 Å². The highest BCUT2D eigenvalue weighted by molar-refractivity contribution is 9.10. The standard InChI is InChI=1S/C17H19BrN2O4S/c18-14-3-5-15(6-4-14)25(22,23)13-11-19-7-9-20(10-8-19)17(21)16-2-1-12-24-16/h1-6,12H,7-11,13H2. The second kappa shape index (κ2) is 7.72. The lowest BCUT2D eigenvalue weighted by Crippen LogP contribution is -2.49. The van der Waals surface area contributed by atoms with Crippen molar-refractivity contribution in [3.05, 3.63) is 52.9 Å². The molecule has 0 unspecified atom stereocenters. The van der Waals surface area contributed by atoms with E-state index in [1.165, 1.54) is 6.26 Å². The van der Waals surface area contributed by atoms with Gasteiger partial charge in [-0.3, -0.25) is 9.69 Å². The number of furan rings is 1. The highest BCUT2D eigenvalue weighted by Gasteiger charge is 2.24. The van der Waals surface area contributed by atoms with Crippen LogP contribution in [0.25, 0.3) is 0 Å². The number of carbonyl (C=O) groups is 1. The third-order valence-corrected chi connectivity index (χ3v) is 6.48. The predicted octanol–water partition coefficient (Wildman–Crippen LogP) is 2.27. The smallest absolute Gasteiger partial charge is 0.289 e. The van der Waals surface area contributed by atoms with Crippen LogP contribution in [0.3, 0.4) is 0 Å². The van der Waals surface area contributed by atoms with Crippen LogP contribution in [0.5, 0.6) is 0 Å². The molecule has 1 aromatic carbocycles. The van der Waals surface area contributed by atoms with Gasteiger partial charge in [-0.05, 0) is 36.4 Å². The number of piperazine rings is 1. The molecule has 0 bridgehead atoms. The van der Waals surface area contributed by atoms with E-state index in [4.69, 9.17) is 4.42 Å². The number of carbonyl (C=O) groups excluding carboxylic acids is 1. The molecule has 134 valence electrons. The van der Waals surface area contributed by atoms with Crippen molar-refractivity contribution in [2.75, 3.05) is 38.5 Å². The average Bonchev–Trinajstić information content (AvgIpc) is 3.15. The second-order valence-electron chi connectivity index (χ2n) is 5.88. The van der Waals surface area contributed by atoms with Crippen LogP contribution in [-0.2, 0) is 9.84 Å². The molecule has 0 radical (unpaired) electrons. The molecule has 3 rings (SSSR count). The summed E-state index contributed by atoms with van der Waals surface area (Å²) in [5.41, 5.74) is 0. The molecule has 1 fully saturated rings. The first kappa shape index (κ1) is 18.2. The van der Waals surface area contributed by atoms with Crippen LogP contribution in [0.1, 0.15) is 10.6 Å². The monoisotopic (exact) mass is 426 g/mol. The third kappa shape index (κ3) is 4.50. The molecule has 0 aliphatic carbocycles. The molecule has 25 heavy (non-hydrogen) atoms. The van der Waals surface area contributed by atoms with Crippen molar-refractivity contribution in [2.45, 2.75) is 4.90 Å². The molecule has 1 aromatic heterocycles. The van der Waals surface area contributed by atoms with Gasteiger partial charge in [0, 0.05) is 37.2 Å². The van der Waals surface area contributed by atoms with E-state index in [2.05, 4.69) is 20.8 Å². The topological polar surface area (TPSA) is 70.8 Å². The van der Waals surface area contributed by atoms with Gasteiger partial charge in [0.15, 0.2) is 15.6 Å². The Labute approximate surface area is 155 Å². The Morgan fingerprint density at radius 1 is 1.08 bits per heavy atom. The van der Waals surface area contributed by atoms with Gasteiger partial charge in [0.05, 0.1) is 16.9 Å². The normalized spacial score (nSPS) is 16.1. The molecule has 2 aromatic rings. The summed E-state index contributed by atoms with van der Waals surface area (Å²) in [6.45, 7) is 2.90. The van der Waals surface area contributed by atoms with Crippen molar-refractivity contribution < 1.29 is 17.6 Å². The quantitative estimate of drug-likeness (QED) is 0.733. The average molecular weight is 427 g/mol. The molecule has 0 N–H and O–H groups in total. The summed E-state index contributed by atoms with van der Waals surface area (Å²) >= 11 is 3.30. The number of nitrogens with zero attached hydrogens (tertiary/aromatic N) is 2. The van der Waals surface area contributed by atoms with E-state index in [-0.39, 0.29) is 11.7 Å². The summed E-state index contributed by atoms with van der Waals surface area (Å²) in [5, 5.41) is 0. The van der Waals surface area contributed by atoms with Gasteiger partial charge in [-0.15, -0.1) is 0 Å². The third-order valence-electron chi connectivity index (χ3n) is 4.24. The van der Waals surface area contributed by atoms with Gasteiger partial charge < -0.3 is 9.32 Å². The minimum absolute atomic E-state index is 0.0702. The molecule has 0 saturated carbocycles. The van der Waals surface area contributed by atoms with Crippen molar-refractivity contribution in [3.8, 4) is 0 Å². The molecule has 2 heterocycles. The van der Waals surface area contributed by atoms with E-state index in [9.17, 15) is 13.2 Å². The van der Waals surface area contributed by atoms with E-state index in [1.54, 1.807) is 41.3 Å². The van der Waals surface area contributed by atoms with E-state index in [1.807, 2.05) is 0 Å². The fraction of sp³-hybridized carbons (Fsp3) is 0.353. The fourth-order valence-corrected chi connectivity index (χ4v) is 4.29. The molecule has 1 amide bonds. The van der Waals surface area contributed by atoms with Gasteiger partial charge >= 0.3 is 0 Å². The minimum Gasteiger partial charge on any atom is -0.459 e. The summed E-state index contributed by atoms with van der Waals surface area (Å²) in [6, 6.07) is 10.0. The maximum atomic E-state index is 12.4. The molecule has 0 atom stereocenters. The van der Waals surface area contributed by atoms with Crippen molar-refractivity contribution in [1.82, 2.24) is 9.80 Å². The van der Waals surface area contributed by atoms with E-state index < -0.39 is 9.84 Å². The van der Waals surface area contributed by atoms with Crippen LogP contribution < -0.4 is 0 Å². The summed E-state index contributed by atoms with van der Waals surface area (Å²) in [7, 11) is -3.30. The maximum Gasteiger partial charge on any atom is 0.289 e. The number of rotatable bonds is 5. The van der Waals surface area contributed by atoms with Crippen molar-refractivity contribution >= 4 is 31.7 Å². The molecule has 0 spiro atoms. The lowest BCUT2D eigenvalue weighted by molar-refractivity contribution is 0.0613. The summed E-state index contributed by atoms with van der Waals surface area (Å²) < 4.78 is 30.8. The number of hydrogen-bond donors (Lipinski definition) is 0. The van der Waals surface area contributed by atoms with Gasteiger partial charge in [0.2, 0.25) is 0 Å². The van der Waals surface area contributed by atoms with Crippen LogP contribution in [-0.4, -0.2) is 62.6 Å². The second-order valence-corrected chi connectivity index (χ2v) is 8.91. The van der Waals surface area contributed by atoms with Gasteiger partial charge in [-0.25, -0.2) is 8.42 Å². The number of benzene rings is 1. The molecular weight excluding hydrogens is 408 g/mol. The predicted molar refractivity (Wildman–Crippen MR) is 97.2 cm³/mol. The fourth-order valence-electron chi connectivity index (χ4n) is 2.74. The Balaban J connectivity index is 1.51. The Morgan fingerprint density at radius 2 is 1.76 bits per heavy atom. The molecular formula is C17H19BrN2O4S. The Bertz CT molecular complexity index is 811. The minimum atomic E-state index is -3.30. The number of halogens is 1. The lowest BCUT2D eigenvalue weighted by Gasteiger charge is -2.34. The zero-order valence-electron chi connectivity index (χ0n) is 13.6. The highest BCUT2D eigenvalue weighted by Crippen LogP contribution is 2.16. The van der Waals surface area contributed by atoms with Gasteiger partial charge in [0.1, 0.15) is 0 Å². The van der Waals surface area contributed by atoms with Crippen LogP contribution in [0.2, 0.25) is 0 Å². The highest BCUT2D eigenvalue weighted by atomic mass is 79.9. The van der Waals surface area contributed by atoms with Crippen LogP contribution >= 0.6 is 15.9 Å². The van der Waals surface area contributed by atoms with Crippen LogP contribution in [0.4, 0.5) is 0 Å². The van der Waals surface area contributed by atoms with E-state index >= 15 is 0 Å². The largest absolute Gasteiger partial charge is 0.459 e. The molecule has 1 saturated heterocycles. The van der Waals surface area contributed by atoms with E-state index in [0.29, 0.717) is 43.4 Å². The van der Waals surface area contributed by atoms with E-state index in [0.717, 1.165) is 4.47 Å². The summed E-state index contributed by atoms with van der Waals surface area (Å²) in [6.07, 6.45) is 1.48. The first-order valence-electron chi connectivity index (χ1n) is 7.99. The SMILES string of the molecule is O=C(c1ccco1)N1CCN(CCS(=O)(=O)c2ccc(Br)cc2)CC1.